The van der Waals surface area contributed by atoms with Crippen molar-refractivity contribution in [3.8, 4) is 24.8 Å². The zero-order valence-electron chi connectivity index (χ0n) is 22.1. The van der Waals surface area contributed by atoms with Gasteiger partial charge < -0.3 is 15.4 Å². The van der Waals surface area contributed by atoms with Gasteiger partial charge in [0.1, 0.15) is 17.7 Å². The Hall–Kier alpha value is -3.59. The Morgan fingerprint density at radius 3 is 2.32 bits per heavy atom. The van der Waals surface area contributed by atoms with Crippen LogP contribution in [0.25, 0.3) is 0 Å². The van der Waals surface area contributed by atoms with Gasteiger partial charge in [-0.1, -0.05) is 48.2 Å². The normalized spacial score (nSPS) is 12.3. The number of carbonyl (C=O) groups is 3. The molecule has 2 aromatic carbocycles. The lowest BCUT2D eigenvalue weighted by Crippen LogP contribution is -2.51. The number of halogens is 1. The number of rotatable bonds is 9. The molecule has 0 aliphatic carbocycles. The third kappa shape index (κ3) is 8.48. The van der Waals surface area contributed by atoms with Crippen LogP contribution in [-0.2, 0) is 14.3 Å². The molecule has 2 rings (SSSR count). The van der Waals surface area contributed by atoms with Crippen LogP contribution < -0.4 is 10.6 Å². The monoisotopic (exact) mass is 553 g/mol. The Labute approximate surface area is 234 Å². The summed E-state index contributed by atoms with van der Waals surface area (Å²) in [6, 6.07) is 11.9. The van der Waals surface area contributed by atoms with E-state index in [1.807, 2.05) is 6.26 Å². The third-order valence-corrected chi connectivity index (χ3v) is 6.30. The van der Waals surface area contributed by atoms with Crippen molar-refractivity contribution in [3.63, 3.8) is 0 Å². The van der Waals surface area contributed by atoms with E-state index in [0.717, 1.165) is 10.5 Å². The van der Waals surface area contributed by atoms with Crippen molar-refractivity contribution >= 4 is 47.0 Å². The number of thioether (sulfide) groups is 1. The highest BCUT2D eigenvalue weighted by molar-refractivity contribution is 7.98. The lowest BCUT2D eigenvalue weighted by atomic mass is 10.0. The van der Waals surface area contributed by atoms with E-state index in [0.29, 0.717) is 27.6 Å². The van der Waals surface area contributed by atoms with E-state index in [9.17, 15) is 14.4 Å². The molecule has 200 valence electrons. The van der Waals surface area contributed by atoms with Gasteiger partial charge in [-0.05, 0) is 75.5 Å². The summed E-state index contributed by atoms with van der Waals surface area (Å²) in [7, 11) is 0. The van der Waals surface area contributed by atoms with Gasteiger partial charge in [0.05, 0.1) is 10.7 Å². The molecule has 2 atom stereocenters. The molecule has 2 N–H and O–H groups in total. The topological polar surface area (TPSA) is 87.7 Å². The van der Waals surface area contributed by atoms with Crippen LogP contribution in [0.1, 0.15) is 49.9 Å². The molecular weight excluding hydrogens is 522 g/mol. The minimum Gasteiger partial charge on any atom is -0.444 e. The summed E-state index contributed by atoms with van der Waals surface area (Å²) in [6.07, 6.45) is 12.7. The van der Waals surface area contributed by atoms with E-state index in [1.54, 1.807) is 70.2 Å². The molecule has 9 heteroatoms. The van der Waals surface area contributed by atoms with Crippen molar-refractivity contribution in [3.05, 3.63) is 64.2 Å². The maximum absolute atomic E-state index is 13.8. The summed E-state index contributed by atoms with van der Waals surface area (Å²) in [4.78, 5) is 41.0. The zero-order valence-corrected chi connectivity index (χ0v) is 23.7. The summed E-state index contributed by atoms with van der Waals surface area (Å²) in [5.74, 6) is 1.86. The molecule has 0 fully saturated rings. The smallest absolute Gasteiger partial charge is 0.408 e. The van der Waals surface area contributed by atoms with Crippen LogP contribution in [0.4, 0.5) is 10.5 Å². The number of terminal acetylenes is 2. The minimum atomic E-state index is -1.24. The van der Waals surface area contributed by atoms with E-state index < -0.39 is 35.6 Å². The zero-order chi connectivity index (χ0) is 28.5. The number of aryl methyl sites for hydroxylation is 1. The molecule has 0 aliphatic rings. The summed E-state index contributed by atoms with van der Waals surface area (Å²) in [6.45, 7) is 6.95. The van der Waals surface area contributed by atoms with Gasteiger partial charge in [-0.25, -0.2) is 4.79 Å². The third-order valence-electron chi connectivity index (χ3n) is 5.35. The fourth-order valence-electron chi connectivity index (χ4n) is 3.54. The van der Waals surface area contributed by atoms with Gasteiger partial charge in [-0.15, -0.1) is 6.42 Å². The molecule has 0 spiro atoms. The van der Waals surface area contributed by atoms with Crippen molar-refractivity contribution in [1.82, 2.24) is 10.2 Å². The average Bonchev–Trinajstić information content (AvgIpc) is 2.85. The van der Waals surface area contributed by atoms with Gasteiger partial charge >= 0.3 is 6.09 Å². The Morgan fingerprint density at radius 1 is 1.13 bits per heavy atom. The number of alkyl carbamates (subject to hydrolysis) is 1. The number of ether oxygens (including phenoxy) is 1. The second-order valence-electron chi connectivity index (χ2n) is 9.41. The number of para-hydroxylation sites is 1. The number of nitrogens with zero attached hydrogens (tertiary/aromatic N) is 1. The first-order chi connectivity index (χ1) is 17.9. The number of hydrogen-bond donors (Lipinski definition) is 2. The van der Waals surface area contributed by atoms with Crippen LogP contribution in [0.15, 0.2) is 42.5 Å². The van der Waals surface area contributed by atoms with Crippen LogP contribution in [0.2, 0.25) is 5.02 Å². The van der Waals surface area contributed by atoms with Gasteiger partial charge in [0.15, 0.2) is 0 Å². The molecule has 0 aliphatic heterocycles. The van der Waals surface area contributed by atoms with Crippen molar-refractivity contribution in [2.45, 2.75) is 51.8 Å². The highest BCUT2D eigenvalue weighted by Crippen LogP contribution is 2.29. The molecule has 0 radical (unpaired) electrons. The lowest BCUT2D eigenvalue weighted by Gasteiger charge is -2.30. The second-order valence-corrected chi connectivity index (χ2v) is 10.8. The standard InChI is InChI=1S/C29H32ClN3O4S/c1-8-20-13-15-21(16-14-20)25(26(34)32-24-19(3)11-10-12-22(24)30)33(9-2)27(35)23(17-18-38-7)31-28(36)37-29(4,5)6/h1-2,10-16,23,25H,17-18H2,3-7H3,(H,31,36)(H,32,34). The Morgan fingerprint density at radius 2 is 1.79 bits per heavy atom. The summed E-state index contributed by atoms with van der Waals surface area (Å²) in [5, 5.41) is 5.76. The Bertz CT molecular complexity index is 1220. The van der Waals surface area contributed by atoms with Crippen molar-refractivity contribution < 1.29 is 19.1 Å². The van der Waals surface area contributed by atoms with Gasteiger partial charge in [-0.2, -0.15) is 11.8 Å². The molecule has 3 amide bonds. The summed E-state index contributed by atoms with van der Waals surface area (Å²) < 4.78 is 5.34. The first-order valence-corrected chi connectivity index (χ1v) is 13.6. The maximum Gasteiger partial charge on any atom is 0.408 e. The van der Waals surface area contributed by atoms with Gasteiger partial charge in [0.25, 0.3) is 11.8 Å². The maximum atomic E-state index is 13.8. The van der Waals surface area contributed by atoms with Crippen molar-refractivity contribution in [2.75, 3.05) is 17.3 Å². The van der Waals surface area contributed by atoms with Crippen LogP contribution in [0.5, 0.6) is 0 Å². The van der Waals surface area contributed by atoms with E-state index in [1.165, 1.54) is 11.8 Å². The van der Waals surface area contributed by atoms with Crippen molar-refractivity contribution in [1.29, 1.82) is 0 Å². The molecule has 0 saturated heterocycles. The Balaban J connectivity index is 2.50. The van der Waals surface area contributed by atoms with Crippen LogP contribution >= 0.6 is 23.4 Å². The van der Waals surface area contributed by atoms with E-state index >= 15 is 0 Å². The molecule has 0 bridgehead atoms. The first kappa shape index (κ1) is 30.6. The molecule has 0 heterocycles. The van der Waals surface area contributed by atoms with Crippen LogP contribution in [-0.4, -0.2) is 46.5 Å². The number of carbonyl (C=O) groups excluding carboxylic acids is 3. The number of benzene rings is 2. The van der Waals surface area contributed by atoms with E-state index in [4.69, 9.17) is 29.2 Å². The molecule has 2 aromatic rings. The highest BCUT2D eigenvalue weighted by Gasteiger charge is 2.36. The van der Waals surface area contributed by atoms with Crippen LogP contribution in [0.3, 0.4) is 0 Å². The fourth-order valence-corrected chi connectivity index (χ4v) is 4.28. The Kier molecular flexibility index (Phi) is 11.1. The fraction of sp³-hybridized carbons (Fsp3) is 0.345. The number of anilines is 1. The summed E-state index contributed by atoms with van der Waals surface area (Å²) in [5.41, 5.74) is 1.39. The van der Waals surface area contributed by atoms with E-state index in [2.05, 4.69) is 22.6 Å². The summed E-state index contributed by atoms with van der Waals surface area (Å²) >= 11 is 7.84. The molecule has 38 heavy (non-hydrogen) atoms. The minimum absolute atomic E-state index is 0.269. The predicted octanol–water partition coefficient (Wildman–Crippen LogP) is 5.38. The molecular formula is C29H32ClN3O4S. The number of nitrogens with one attached hydrogen (secondary N) is 2. The number of hydrogen-bond acceptors (Lipinski definition) is 5. The van der Waals surface area contributed by atoms with Crippen LogP contribution in [0, 0.1) is 31.7 Å². The number of amides is 3. The highest BCUT2D eigenvalue weighted by atomic mass is 35.5. The molecule has 0 aromatic heterocycles. The largest absolute Gasteiger partial charge is 0.444 e. The van der Waals surface area contributed by atoms with Gasteiger partial charge in [0.2, 0.25) is 0 Å². The van der Waals surface area contributed by atoms with Crippen molar-refractivity contribution in [2.24, 2.45) is 0 Å². The van der Waals surface area contributed by atoms with Gasteiger partial charge in [-0.3, -0.25) is 14.5 Å². The predicted molar refractivity (Wildman–Crippen MR) is 154 cm³/mol. The van der Waals surface area contributed by atoms with E-state index in [-0.39, 0.29) is 6.42 Å². The molecule has 7 nitrogen and oxygen atoms in total. The molecule has 0 saturated carbocycles. The SMILES string of the molecule is C#Cc1ccc(C(C(=O)Nc2c(C)cccc2Cl)N(C#C)C(=O)C(CCSC)NC(=O)OC(C)(C)C)cc1. The molecule has 2 unspecified atom stereocenters. The average molecular weight is 554 g/mol. The second kappa shape index (κ2) is 13.8. The first-order valence-electron chi connectivity index (χ1n) is 11.8. The quantitative estimate of drug-likeness (QED) is 0.322. The lowest BCUT2D eigenvalue weighted by molar-refractivity contribution is -0.136. The van der Waals surface area contributed by atoms with Gasteiger partial charge in [0, 0.05) is 11.6 Å².